The van der Waals surface area contributed by atoms with E-state index in [1.807, 2.05) is 30.5 Å². The number of hydrogen-bond acceptors (Lipinski definition) is 1. The zero-order valence-corrected chi connectivity index (χ0v) is 9.43. The average molecular weight is 209 g/mol. The van der Waals surface area contributed by atoms with Crippen molar-refractivity contribution in [2.24, 2.45) is 4.99 Å². The lowest BCUT2D eigenvalue weighted by Gasteiger charge is -2.01. The summed E-state index contributed by atoms with van der Waals surface area (Å²) in [5, 5.41) is 0. The predicted octanol–water partition coefficient (Wildman–Crippen LogP) is 4.00. The predicted molar refractivity (Wildman–Crippen MR) is 70.4 cm³/mol. The van der Waals surface area contributed by atoms with Crippen LogP contribution in [0.2, 0.25) is 0 Å². The van der Waals surface area contributed by atoms with Crippen molar-refractivity contribution in [1.82, 2.24) is 0 Å². The fourth-order valence-corrected chi connectivity index (χ4v) is 1.63. The average Bonchev–Trinajstić information content (AvgIpc) is 2.59. The molecule has 0 N–H and O–H groups in total. The molecule has 0 spiro atoms. The number of hydrogen-bond donors (Lipinski definition) is 0. The maximum absolute atomic E-state index is 4.40. The van der Waals surface area contributed by atoms with E-state index >= 15 is 0 Å². The highest BCUT2D eigenvalue weighted by molar-refractivity contribution is 5.74. The number of aliphatic imine (C=N–C) groups is 1. The van der Waals surface area contributed by atoms with Crippen molar-refractivity contribution < 1.29 is 0 Å². The third-order valence-corrected chi connectivity index (χ3v) is 2.47. The van der Waals surface area contributed by atoms with Gasteiger partial charge in [-0.3, -0.25) is 4.99 Å². The van der Waals surface area contributed by atoms with Gasteiger partial charge in [-0.25, -0.2) is 0 Å². The van der Waals surface area contributed by atoms with Crippen LogP contribution in [0.25, 0.3) is 6.08 Å². The second-order valence-electron chi connectivity index (χ2n) is 3.77. The van der Waals surface area contributed by atoms with Crippen LogP contribution in [-0.4, -0.2) is 6.21 Å². The summed E-state index contributed by atoms with van der Waals surface area (Å²) in [6.07, 6.45) is 11.2. The van der Waals surface area contributed by atoms with Crippen molar-refractivity contribution in [1.29, 1.82) is 0 Å². The van der Waals surface area contributed by atoms with Crippen molar-refractivity contribution in [2.45, 2.75) is 13.3 Å². The lowest BCUT2D eigenvalue weighted by Crippen LogP contribution is -1.82. The quantitative estimate of drug-likeness (QED) is 0.698. The van der Waals surface area contributed by atoms with E-state index in [2.05, 4.69) is 42.3 Å². The van der Waals surface area contributed by atoms with Crippen molar-refractivity contribution in [3.05, 3.63) is 65.4 Å². The van der Waals surface area contributed by atoms with Crippen LogP contribution in [0.15, 0.2) is 64.8 Å². The van der Waals surface area contributed by atoms with E-state index in [0.717, 1.165) is 12.1 Å². The number of nitrogens with zero attached hydrogens (tertiary/aromatic N) is 1. The molecule has 80 valence electrons. The molecule has 0 fully saturated rings. The molecule has 1 aromatic carbocycles. The molecule has 0 atom stereocenters. The smallest absolute Gasteiger partial charge is 0.0622 e. The maximum atomic E-state index is 4.40. The molecule has 0 saturated heterocycles. The van der Waals surface area contributed by atoms with Crippen LogP contribution in [0.3, 0.4) is 0 Å². The van der Waals surface area contributed by atoms with Crippen LogP contribution in [-0.2, 0) is 0 Å². The molecule has 1 heteroatoms. The second-order valence-corrected chi connectivity index (χ2v) is 3.77. The van der Waals surface area contributed by atoms with Crippen molar-refractivity contribution in [3.63, 3.8) is 0 Å². The summed E-state index contributed by atoms with van der Waals surface area (Å²) < 4.78 is 0. The highest BCUT2D eigenvalue weighted by Crippen LogP contribution is 2.17. The Hall–Kier alpha value is -1.89. The molecule has 0 saturated carbocycles. The Morgan fingerprint density at radius 3 is 2.88 bits per heavy atom. The molecule has 0 amide bonds. The Morgan fingerprint density at radius 2 is 2.06 bits per heavy atom. The molecule has 0 unspecified atom stereocenters. The van der Waals surface area contributed by atoms with Gasteiger partial charge in [-0.1, -0.05) is 42.5 Å². The van der Waals surface area contributed by atoms with E-state index < -0.39 is 0 Å². The van der Waals surface area contributed by atoms with Crippen LogP contribution < -0.4 is 0 Å². The van der Waals surface area contributed by atoms with E-state index in [4.69, 9.17) is 0 Å². The fraction of sp³-hybridized carbons (Fsp3) is 0.133. The Morgan fingerprint density at radius 1 is 1.25 bits per heavy atom. The second kappa shape index (κ2) is 5.26. The fourth-order valence-electron chi connectivity index (χ4n) is 1.63. The Bertz CT molecular complexity index is 461. The summed E-state index contributed by atoms with van der Waals surface area (Å²) >= 11 is 0. The summed E-state index contributed by atoms with van der Waals surface area (Å²) in [7, 11) is 0. The number of allylic oxidation sites excluding steroid dienone is 4. The van der Waals surface area contributed by atoms with Gasteiger partial charge < -0.3 is 0 Å². The van der Waals surface area contributed by atoms with Crippen LogP contribution in [0.1, 0.15) is 18.9 Å². The molecule has 1 aliphatic rings. The number of rotatable bonds is 2. The minimum absolute atomic E-state index is 0.954. The SMILES string of the molecule is C/C(=C/c1ccccc1)C1=CCC=CC=N1. The van der Waals surface area contributed by atoms with Crippen molar-refractivity contribution in [2.75, 3.05) is 0 Å². The van der Waals surface area contributed by atoms with Crippen LogP contribution in [0.4, 0.5) is 0 Å². The maximum Gasteiger partial charge on any atom is 0.0622 e. The lowest BCUT2D eigenvalue weighted by molar-refractivity contribution is 1.25. The first-order valence-corrected chi connectivity index (χ1v) is 5.49. The topological polar surface area (TPSA) is 12.4 Å². The Labute approximate surface area is 96.5 Å². The molecule has 2 rings (SSSR count). The minimum Gasteiger partial charge on any atom is -0.257 e. The molecule has 1 aromatic rings. The standard InChI is InChI=1S/C15H15N/c1-13(12-14-8-4-2-5-9-14)15-10-6-3-7-11-16-15/h2-5,7-12H,6H2,1H3/b13-12-. The van der Waals surface area contributed by atoms with Crippen molar-refractivity contribution >= 4 is 12.3 Å². The van der Waals surface area contributed by atoms with E-state index in [9.17, 15) is 0 Å². The summed E-state index contributed by atoms with van der Waals surface area (Å²) in [5.41, 5.74) is 3.48. The molecule has 16 heavy (non-hydrogen) atoms. The zero-order chi connectivity index (χ0) is 11.2. The Balaban J connectivity index is 2.22. The van der Waals surface area contributed by atoms with Gasteiger partial charge in [0.25, 0.3) is 0 Å². The van der Waals surface area contributed by atoms with Crippen LogP contribution in [0.5, 0.6) is 0 Å². The van der Waals surface area contributed by atoms with E-state index in [1.165, 1.54) is 11.1 Å². The van der Waals surface area contributed by atoms with Gasteiger partial charge >= 0.3 is 0 Å². The van der Waals surface area contributed by atoms with Crippen molar-refractivity contribution in [3.8, 4) is 0 Å². The molecule has 1 heterocycles. The molecular weight excluding hydrogens is 194 g/mol. The lowest BCUT2D eigenvalue weighted by atomic mass is 10.1. The zero-order valence-electron chi connectivity index (χ0n) is 9.43. The summed E-state index contributed by atoms with van der Waals surface area (Å²) in [5.74, 6) is 0. The molecule has 0 bridgehead atoms. The summed E-state index contributed by atoms with van der Waals surface area (Å²) in [6.45, 7) is 2.10. The van der Waals surface area contributed by atoms with Gasteiger partial charge in [0.05, 0.1) is 5.70 Å². The van der Waals surface area contributed by atoms with E-state index in [0.29, 0.717) is 0 Å². The summed E-state index contributed by atoms with van der Waals surface area (Å²) in [6, 6.07) is 10.3. The summed E-state index contributed by atoms with van der Waals surface area (Å²) in [4.78, 5) is 4.40. The van der Waals surface area contributed by atoms with Gasteiger partial charge in [0.15, 0.2) is 0 Å². The third-order valence-electron chi connectivity index (χ3n) is 2.47. The van der Waals surface area contributed by atoms with Gasteiger partial charge in [-0.15, -0.1) is 0 Å². The van der Waals surface area contributed by atoms with Gasteiger partial charge in [0, 0.05) is 6.21 Å². The number of benzene rings is 1. The van der Waals surface area contributed by atoms with E-state index in [1.54, 1.807) is 0 Å². The van der Waals surface area contributed by atoms with Gasteiger partial charge in [0.2, 0.25) is 0 Å². The first-order chi connectivity index (χ1) is 7.86. The van der Waals surface area contributed by atoms with E-state index in [-0.39, 0.29) is 0 Å². The highest BCUT2D eigenvalue weighted by Gasteiger charge is 1.98. The molecular formula is C15H15N. The molecule has 0 aliphatic carbocycles. The van der Waals surface area contributed by atoms with Gasteiger partial charge in [-0.2, -0.15) is 0 Å². The third kappa shape index (κ3) is 2.80. The van der Waals surface area contributed by atoms with Crippen LogP contribution in [0, 0.1) is 0 Å². The van der Waals surface area contributed by atoms with Crippen LogP contribution >= 0.6 is 0 Å². The largest absolute Gasteiger partial charge is 0.257 e. The first kappa shape index (κ1) is 10.6. The first-order valence-electron chi connectivity index (χ1n) is 5.49. The molecule has 0 radical (unpaired) electrons. The monoisotopic (exact) mass is 209 g/mol. The van der Waals surface area contributed by atoms with Gasteiger partial charge in [0.1, 0.15) is 0 Å². The minimum atomic E-state index is 0.954. The Kier molecular flexibility index (Phi) is 3.50. The highest BCUT2D eigenvalue weighted by atomic mass is 14.7. The molecule has 1 nitrogen and oxygen atoms in total. The normalized spacial score (nSPS) is 15.8. The van der Waals surface area contributed by atoms with Gasteiger partial charge in [-0.05, 0) is 36.6 Å². The molecule has 1 aliphatic heterocycles. The molecule has 0 aromatic heterocycles.